The minimum Gasteiger partial charge on any atom is -0.399 e. The molecular formula is C13H14N4O2S. The normalized spacial score (nSPS) is 16.8. The highest BCUT2D eigenvalue weighted by molar-refractivity contribution is 7.94. The van der Waals surface area contributed by atoms with Crippen molar-refractivity contribution in [2.45, 2.75) is 11.8 Å². The Morgan fingerprint density at radius 2 is 2.00 bits per heavy atom. The third kappa shape index (κ3) is 2.77. The van der Waals surface area contributed by atoms with E-state index in [1.165, 1.54) is 36.5 Å². The van der Waals surface area contributed by atoms with Crippen molar-refractivity contribution < 1.29 is 13.0 Å². The lowest BCUT2D eigenvalue weighted by molar-refractivity contribution is -0.335. The van der Waals surface area contributed by atoms with Gasteiger partial charge in [-0.1, -0.05) is 12.7 Å². The smallest absolute Gasteiger partial charge is 0.285 e. The van der Waals surface area contributed by atoms with Crippen molar-refractivity contribution in [2.24, 2.45) is 4.99 Å². The third-order valence-corrected chi connectivity index (χ3v) is 3.87. The highest BCUT2D eigenvalue weighted by Crippen LogP contribution is 2.21. The van der Waals surface area contributed by atoms with Crippen LogP contribution in [0.5, 0.6) is 0 Å². The van der Waals surface area contributed by atoms with E-state index >= 15 is 0 Å². The quantitative estimate of drug-likeness (QED) is 0.680. The molecule has 0 saturated carbocycles. The first-order chi connectivity index (χ1) is 9.44. The van der Waals surface area contributed by atoms with Crippen molar-refractivity contribution in [3.05, 3.63) is 53.5 Å². The Bertz CT molecular complexity index is 728. The van der Waals surface area contributed by atoms with Crippen molar-refractivity contribution in [1.29, 1.82) is 0 Å². The Labute approximate surface area is 117 Å². The minimum atomic E-state index is -3.83. The number of sulfonamides is 1. The number of nitrogen functional groups attached to an aromatic ring is 1. The van der Waals surface area contributed by atoms with Gasteiger partial charge in [0.25, 0.3) is 10.0 Å². The summed E-state index contributed by atoms with van der Waals surface area (Å²) in [6.45, 7) is 5.37. The maximum absolute atomic E-state index is 12.2. The van der Waals surface area contributed by atoms with Crippen LogP contribution in [-0.4, -0.2) is 25.2 Å². The topological polar surface area (TPSA) is 89.6 Å². The molecule has 7 heteroatoms. The van der Waals surface area contributed by atoms with Crippen LogP contribution in [0.15, 0.2) is 58.7 Å². The zero-order chi connectivity index (χ0) is 14.8. The molecule has 0 radical (unpaired) electrons. The lowest BCUT2D eigenvalue weighted by Gasteiger charge is -2.10. The van der Waals surface area contributed by atoms with Gasteiger partial charge in [-0.3, -0.25) is 4.58 Å². The lowest BCUT2D eigenvalue weighted by Crippen LogP contribution is -2.18. The maximum atomic E-state index is 12.2. The SMILES string of the molecule is C=C/C=[N+]1\C(C)=CN=C1[N-]S(=O)(=O)c1ccc(N)cc1. The number of nitrogens with two attached hydrogens (primary N) is 1. The Balaban J connectivity index is 2.28. The summed E-state index contributed by atoms with van der Waals surface area (Å²) in [7, 11) is -3.83. The third-order valence-electron chi connectivity index (χ3n) is 2.60. The molecule has 2 N–H and O–H groups in total. The van der Waals surface area contributed by atoms with E-state index < -0.39 is 10.0 Å². The summed E-state index contributed by atoms with van der Waals surface area (Å²) in [5, 5.41) is 0. The maximum Gasteiger partial charge on any atom is 0.285 e. The van der Waals surface area contributed by atoms with E-state index in [2.05, 4.69) is 16.3 Å². The summed E-state index contributed by atoms with van der Waals surface area (Å²) >= 11 is 0. The summed E-state index contributed by atoms with van der Waals surface area (Å²) < 4.78 is 29.6. The van der Waals surface area contributed by atoms with Crippen LogP contribution in [0, 0.1) is 0 Å². The van der Waals surface area contributed by atoms with E-state index in [4.69, 9.17) is 5.73 Å². The average Bonchev–Trinajstić information content (AvgIpc) is 2.72. The molecule has 20 heavy (non-hydrogen) atoms. The van der Waals surface area contributed by atoms with Crippen LogP contribution in [-0.2, 0) is 10.0 Å². The highest BCUT2D eigenvalue weighted by Gasteiger charge is 2.22. The summed E-state index contributed by atoms with van der Waals surface area (Å²) in [6, 6.07) is 5.84. The van der Waals surface area contributed by atoms with E-state index in [1.54, 1.807) is 17.7 Å². The molecule has 1 aromatic rings. The number of nitrogens with zero attached hydrogens (tertiary/aromatic N) is 3. The van der Waals surface area contributed by atoms with Gasteiger partial charge in [-0.25, -0.2) is 4.99 Å². The number of aliphatic imine (C=N–C) groups is 1. The molecule has 2 rings (SSSR count). The molecule has 1 aromatic carbocycles. The molecule has 0 fully saturated rings. The van der Waals surface area contributed by atoms with Crippen LogP contribution in [0.2, 0.25) is 0 Å². The number of allylic oxidation sites excluding steroid dienone is 2. The van der Waals surface area contributed by atoms with Gasteiger partial charge >= 0.3 is 0 Å². The summed E-state index contributed by atoms with van der Waals surface area (Å²) in [6.07, 6.45) is 4.67. The van der Waals surface area contributed by atoms with Crippen molar-refractivity contribution in [1.82, 2.24) is 0 Å². The molecule has 0 saturated heterocycles. The molecule has 0 atom stereocenters. The number of guanidine groups is 1. The fourth-order valence-electron chi connectivity index (χ4n) is 1.59. The van der Waals surface area contributed by atoms with Crippen LogP contribution in [0.1, 0.15) is 6.92 Å². The number of hydrogen-bond donors (Lipinski definition) is 1. The van der Waals surface area contributed by atoms with Gasteiger partial charge in [0.2, 0.25) is 5.96 Å². The number of hydrogen-bond acceptors (Lipinski definition) is 4. The van der Waals surface area contributed by atoms with E-state index in [0.717, 1.165) is 5.70 Å². The predicted molar refractivity (Wildman–Crippen MR) is 79.1 cm³/mol. The predicted octanol–water partition coefficient (Wildman–Crippen LogP) is 1.83. The molecule has 1 aliphatic rings. The molecule has 104 valence electrons. The van der Waals surface area contributed by atoms with Crippen LogP contribution in [0.25, 0.3) is 4.72 Å². The van der Waals surface area contributed by atoms with E-state index in [9.17, 15) is 8.42 Å². The summed E-state index contributed by atoms with van der Waals surface area (Å²) in [5.41, 5.74) is 6.78. The van der Waals surface area contributed by atoms with Crippen molar-refractivity contribution in [3.63, 3.8) is 0 Å². The number of anilines is 1. The van der Waals surface area contributed by atoms with E-state index in [-0.39, 0.29) is 10.9 Å². The lowest BCUT2D eigenvalue weighted by atomic mass is 10.3. The van der Waals surface area contributed by atoms with Crippen LogP contribution in [0.4, 0.5) is 5.69 Å². The van der Waals surface area contributed by atoms with Gasteiger partial charge in [0.1, 0.15) is 0 Å². The second-order valence-corrected chi connectivity index (χ2v) is 5.69. The number of rotatable bonds is 3. The molecule has 0 spiro atoms. The molecule has 0 bridgehead atoms. The van der Waals surface area contributed by atoms with Crippen molar-refractivity contribution in [2.75, 3.05) is 5.73 Å². The highest BCUT2D eigenvalue weighted by atomic mass is 32.2. The Kier molecular flexibility index (Phi) is 3.71. The van der Waals surface area contributed by atoms with Crippen LogP contribution < -0.4 is 5.73 Å². The largest absolute Gasteiger partial charge is 0.399 e. The van der Waals surface area contributed by atoms with E-state index in [1.807, 2.05) is 0 Å². The second kappa shape index (κ2) is 5.30. The molecule has 0 unspecified atom stereocenters. The standard InChI is InChI=1S/C13H14N4O2S/c1-3-8-17-10(2)9-15-13(17)16-20(18,19)12-6-4-11(14)5-7-12/h3-9H,1,14H2,2H3/b17-8+. The second-order valence-electron chi connectivity index (χ2n) is 4.09. The zero-order valence-corrected chi connectivity index (χ0v) is 11.7. The summed E-state index contributed by atoms with van der Waals surface area (Å²) in [4.78, 5) is 4.04. The van der Waals surface area contributed by atoms with Gasteiger partial charge in [0.15, 0.2) is 0 Å². The van der Waals surface area contributed by atoms with Gasteiger partial charge in [-0.05, 0) is 31.2 Å². The molecule has 0 aliphatic carbocycles. The molecule has 0 aromatic heterocycles. The first-order valence-corrected chi connectivity index (χ1v) is 7.21. The molecular weight excluding hydrogens is 276 g/mol. The number of benzene rings is 1. The van der Waals surface area contributed by atoms with Gasteiger partial charge in [0, 0.05) is 17.6 Å². The van der Waals surface area contributed by atoms with Crippen molar-refractivity contribution in [3.8, 4) is 0 Å². The van der Waals surface area contributed by atoms with Gasteiger partial charge in [0.05, 0.1) is 11.1 Å². The van der Waals surface area contributed by atoms with Gasteiger partial charge < -0.3 is 5.73 Å². The monoisotopic (exact) mass is 290 g/mol. The first kappa shape index (κ1) is 14.0. The fourth-order valence-corrected chi connectivity index (χ4v) is 2.53. The van der Waals surface area contributed by atoms with Crippen LogP contribution >= 0.6 is 0 Å². The van der Waals surface area contributed by atoms with Gasteiger partial charge in [-0.2, -0.15) is 8.42 Å². The average molecular weight is 290 g/mol. The first-order valence-electron chi connectivity index (χ1n) is 5.77. The fraction of sp³-hybridized carbons (Fsp3) is 0.0769. The zero-order valence-electron chi connectivity index (χ0n) is 10.9. The van der Waals surface area contributed by atoms with Crippen molar-refractivity contribution >= 4 is 27.9 Å². The van der Waals surface area contributed by atoms with Crippen LogP contribution in [0.3, 0.4) is 0 Å². The van der Waals surface area contributed by atoms with Gasteiger partial charge in [-0.15, -0.1) is 4.72 Å². The molecule has 0 amide bonds. The Morgan fingerprint density at radius 1 is 1.35 bits per heavy atom. The molecule has 6 nitrogen and oxygen atoms in total. The molecule has 1 aliphatic heterocycles. The molecule has 1 heterocycles. The van der Waals surface area contributed by atoms with E-state index in [0.29, 0.717) is 5.69 Å². The summed E-state index contributed by atoms with van der Waals surface area (Å²) in [5.74, 6) is 0.0826. The Hall–Kier alpha value is -2.41. The minimum absolute atomic E-state index is 0.0671. The Morgan fingerprint density at radius 3 is 2.60 bits per heavy atom.